The molecule has 0 aliphatic rings. The van der Waals surface area contributed by atoms with Crippen LogP contribution in [0.5, 0.6) is 5.75 Å². The Morgan fingerprint density at radius 3 is 2.42 bits per heavy atom. The van der Waals surface area contributed by atoms with Gasteiger partial charge in [0, 0.05) is 28.8 Å². The highest BCUT2D eigenvalue weighted by Gasteiger charge is 2.17. The summed E-state index contributed by atoms with van der Waals surface area (Å²) in [6.45, 7) is 10.4. The first-order valence-corrected chi connectivity index (χ1v) is 11.8. The van der Waals surface area contributed by atoms with Crippen molar-refractivity contribution < 1.29 is 14.3 Å². The Bertz CT molecular complexity index is 877. The Kier molecular flexibility index (Phi) is 10.0. The first kappa shape index (κ1) is 24.9. The lowest BCUT2D eigenvalue weighted by Gasteiger charge is -2.21. The Morgan fingerprint density at radius 1 is 1.06 bits per heavy atom. The van der Waals surface area contributed by atoms with Crippen molar-refractivity contribution in [3.8, 4) is 5.75 Å². The van der Waals surface area contributed by atoms with Gasteiger partial charge in [0.1, 0.15) is 5.75 Å². The van der Waals surface area contributed by atoms with E-state index in [1.165, 1.54) is 0 Å². The van der Waals surface area contributed by atoms with E-state index in [4.69, 9.17) is 4.74 Å². The van der Waals surface area contributed by atoms with Crippen LogP contribution in [-0.4, -0.2) is 36.4 Å². The third-order valence-corrected chi connectivity index (χ3v) is 5.27. The number of anilines is 1. The van der Waals surface area contributed by atoms with E-state index in [1.54, 1.807) is 36.4 Å². The number of carbonyl (C=O) groups is 2. The number of halogens is 1. The maximum absolute atomic E-state index is 13.0. The molecule has 0 fully saturated rings. The highest BCUT2D eigenvalue weighted by molar-refractivity contribution is 9.10. The third-order valence-electron chi connectivity index (χ3n) is 4.78. The number of benzene rings is 2. The molecule has 1 N–H and O–H groups in total. The standard InChI is InChI=1S/C25H33BrN2O3/c1-5-13-28(14-6-2)25(30)19-8-7-9-21(16-19)27-24(29)22-17-20(26)10-11-23(22)31-15-12-18(3)4/h7-11,16-18H,5-6,12-15H2,1-4H3,(H,27,29). The van der Waals surface area contributed by atoms with Crippen LogP contribution >= 0.6 is 15.9 Å². The van der Waals surface area contributed by atoms with Gasteiger partial charge in [0.05, 0.1) is 12.2 Å². The molecule has 2 aromatic rings. The van der Waals surface area contributed by atoms with Crippen LogP contribution < -0.4 is 10.1 Å². The summed E-state index contributed by atoms with van der Waals surface area (Å²) in [5.41, 5.74) is 1.60. The zero-order valence-electron chi connectivity index (χ0n) is 18.9. The predicted octanol–water partition coefficient (Wildman–Crippen LogP) is 6.39. The number of hydrogen-bond acceptors (Lipinski definition) is 3. The molecule has 0 unspecified atom stereocenters. The number of ether oxygens (including phenoxy) is 1. The molecule has 0 bridgehead atoms. The average Bonchev–Trinajstić information content (AvgIpc) is 2.74. The van der Waals surface area contributed by atoms with Crippen LogP contribution in [0.1, 0.15) is 67.7 Å². The van der Waals surface area contributed by atoms with Crippen molar-refractivity contribution in [2.45, 2.75) is 47.0 Å². The lowest BCUT2D eigenvalue weighted by molar-refractivity contribution is 0.0755. The number of hydrogen-bond donors (Lipinski definition) is 1. The predicted molar refractivity (Wildman–Crippen MR) is 130 cm³/mol. The highest BCUT2D eigenvalue weighted by Crippen LogP contribution is 2.25. The van der Waals surface area contributed by atoms with Crippen molar-refractivity contribution in [2.75, 3.05) is 25.0 Å². The molecule has 2 rings (SSSR count). The van der Waals surface area contributed by atoms with Crippen molar-refractivity contribution >= 4 is 33.4 Å². The van der Waals surface area contributed by atoms with Gasteiger partial charge in [-0.2, -0.15) is 0 Å². The van der Waals surface area contributed by atoms with E-state index in [1.807, 2.05) is 11.0 Å². The van der Waals surface area contributed by atoms with Gasteiger partial charge in [-0.25, -0.2) is 0 Å². The quantitative estimate of drug-likeness (QED) is 0.398. The molecule has 0 aliphatic heterocycles. The molecule has 0 spiro atoms. The van der Waals surface area contributed by atoms with Crippen molar-refractivity contribution in [1.29, 1.82) is 0 Å². The summed E-state index contributed by atoms with van der Waals surface area (Å²) in [6, 6.07) is 12.5. The van der Waals surface area contributed by atoms with Crippen LogP contribution in [0, 0.1) is 5.92 Å². The molecule has 0 radical (unpaired) electrons. The molecular formula is C25H33BrN2O3. The van der Waals surface area contributed by atoms with E-state index in [0.717, 1.165) is 36.8 Å². The van der Waals surface area contributed by atoms with Gasteiger partial charge >= 0.3 is 0 Å². The largest absolute Gasteiger partial charge is 0.493 e. The zero-order valence-corrected chi connectivity index (χ0v) is 20.5. The average molecular weight is 489 g/mol. The molecule has 2 aromatic carbocycles. The summed E-state index contributed by atoms with van der Waals surface area (Å²) in [5, 5.41) is 2.91. The van der Waals surface area contributed by atoms with Crippen LogP contribution in [0.15, 0.2) is 46.9 Å². The normalized spacial score (nSPS) is 10.8. The van der Waals surface area contributed by atoms with Crippen LogP contribution in [-0.2, 0) is 0 Å². The second kappa shape index (κ2) is 12.5. The van der Waals surface area contributed by atoms with Gasteiger partial charge in [0.25, 0.3) is 11.8 Å². The minimum absolute atomic E-state index is 0.0139. The van der Waals surface area contributed by atoms with Crippen LogP contribution in [0.4, 0.5) is 5.69 Å². The maximum atomic E-state index is 13.0. The Morgan fingerprint density at radius 2 is 1.77 bits per heavy atom. The minimum Gasteiger partial charge on any atom is -0.493 e. The fraction of sp³-hybridized carbons (Fsp3) is 0.440. The van der Waals surface area contributed by atoms with Crippen molar-refractivity contribution in [3.63, 3.8) is 0 Å². The Labute approximate surface area is 194 Å². The summed E-state index contributed by atoms with van der Waals surface area (Å²) < 4.78 is 6.67. The molecule has 6 heteroatoms. The van der Waals surface area contributed by atoms with E-state index >= 15 is 0 Å². The number of nitrogens with zero attached hydrogens (tertiary/aromatic N) is 1. The number of nitrogens with one attached hydrogen (secondary N) is 1. The van der Waals surface area contributed by atoms with Crippen LogP contribution in [0.25, 0.3) is 0 Å². The molecule has 168 valence electrons. The van der Waals surface area contributed by atoms with Gasteiger partial charge in [0.15, 0.2) is 0 Å². The van der Waals surface area contributed by atoms with Crippen molar-refractivity contribution in [2.24, 2.45) is 5.92 Å². The molecule has 5 nitrogen and oxygen atoms in total. The molecule has 31 heavy (non-hydrogen) atoms. The van der Waals surface area contributed by atoms with Gasteiger partial charge in [-0.1, -0.05) is 49.7 Å². The van der Waals surface area contributed by atoms with Gasteiger partial charge < -0.3 is 15.0 Å². The smallest absolute Gasteiger partial charge is 0.259 e. The summed E-state index contributed by atoms with van der Waals surface area (Å²) in [6.07, 6.45) is 2.72. The van der Waals surface area contributed by atoms with E-state index in [2.05, 4.69) is 48.9 Å². The summed E-state index contributed by atoms with van der Waals surface area (Å²) in [7, 11) is 0. The van der Waals surface area contributed by atoms with E-state index in [9.17, 15) is 9.59 Å². The first-order valence-electron chi connectivity index (χ1n) is 11.0. The second-order valence-electron chi connectivity index (χ2n) is 8.00. The number of amides is 2. The molecule has 0 aliphatic carbocycles. The molecular weight excluding hydrogens is 456 g/mol. The molecule has 0 saturated heterocycles. The first-order chi connectivity index (χ1) is 14.8. The maximum Gasteiger partial charge on any atom is 0.259 e. The highest BCUT2D eigenvalue weighted by atomic mass is 79.9. The van der Waals surface area contributed by atoms with Crippen LogP contribution in [0.2, 0.25) is 0 Å². The van der Waals surface area contributed by atoms with Gasteiger partial charge in [-0.05, 0) is 61.6 Å². The fourth-order valence-electron chi connectivity index (χ4n) is 3.18. The lowest BCUT2D eigenvalue weighted by atomic mass is 10.1. The number of carbonyl (C=O) groups excluding carboxylic acids is 2. The summed E-state index contributed by atoms with van der Waals surface area (Å²) in [5.74, 6) is 0.781. The van der Waals surface area contributed by atoms with Gasteiger partial charge in [-0.3, -0.25) is 9.59 Å². The summed E-state index contributed by atoms with van der Waals surface area (Å²) in [4.78, 5) is 27.7. The summed E-state index contributed by atoms with van der Waals surface area (Å²) >= 11 is 3.43. The van der Waals surface area contributed by atoms with E-state index in [0.29, 0.717) is 35.1 Å². The minimum atomic E-state index is -0.274. The zero-order chi connectivity index (χ0) is 22.8. The van der Waals surface area contributed by atoms with Gasteiger partial charge in [-0.15, -0.1) is 0 Å². The SMILES string of the molecule is CCCN(CCC)C(=O)c1cccc(NC(=O)c2cc(Br)ccc2OCCC(C)C)c1. The fourth-order valence-corrected chi connectivity index (χ4v) is 3.54. The van der Waals surface area contributed by atoms with Gasteiger partial charge in [0.2, 0.25) is 0 Å². The molecule has 0 aromatic heterocycles. The molecule has 0 saturated carbocycles. The van der Waals surface area contributed by atoms with E-state index < -0.39 is 0 Å². The topological polar surface area (TPSA) is 58.6 Å². The second-order valence-corrected chi connectivity index (χ2v) is 8.91. The number of rotatable bonds is 11. The molecule has 0 atom stereocenters. The van der Waals surface area contributed by atoms with Crippen molar-refractivity contribution in [3.05, 3.63) is 58.1 Å². The molecule has 2 amide bonds. The Hall–Kier alpha value is -2.34. The monoisotopic (exact) mass is 488 g/mol. The van der Waals surface area contributed by atoms with E-state index in [-0.39, 0.29) is 11.8 Å². The molecule has 0 heterocycles. The third kappa shape index (κ3) is 7.69. The lowest BCUT2D eigenvalue weighted by Crippen LogP contribution is -2.32. The Balaban J connectivity index is 2.18. The van der Waals surface area contributed by atoms with Crippen molar-refractivity contribution in [1.82, 2.24) is 4.90 Å². The van der Waals surface area contributed by atoms with Crippen LogP contribution in [0.3, 0.4) is 0 Å².